The van der Waals surface area contributed by atoms with Crippen LogP contribution in [0.3, 0.4) is 0 Å². The minimum atomic E-state index is 0.564. The summed E-state index contributed by atoms with van der Waals surface area (Å²) in [6.07, 6.45) is 15.2. The second-order valence-corrected chi connectivity index (χ2v) is 5.72. The zero-order valence-corrected chi connectivity index (χ0v) is 13.7. The van der Waals surface area contributed by atoms with Crippen LogP contribution in [-0.4, -0.2) is 26.3 Å². The summed E-state index contributed by atoms with van der Waals surface area (Å²) in [5.74, 6) is 0. The van der Waals surface area contributed by atoms with Gasteiger partial charge in [-0.2, -0.15) is 0 Å². The Hall–Kier alpha value is -0.0800. The van der Waals surface area contributed by atoms with Crippen LogP contribution in [0, 0.1) is 0 Å². The summed E-state index contributed by atoms with van der Waals surface area (Å²) in [6, 6.07) is 0.564. The van der Waals surface area contributed by atoms with E-state index >= 15 is 0 Å². The third-order valence-electron chi connectivity index (χ3n) is 3.71. The summed E-state index contributed by atoms with van der Waals surface area (Å²) in [4.78, 5) is 0. The lowest BCUT2D eigenvalue weighted by Crippen LogP contribution is -2.33. The first kappa shape index (κ1) is 18.9. The van der Waals surface area contributed by atoms with Crippen LogP contribution in [-0.2, 0) is 4.74 Å². The molecule has 0 heterocycles. The van der Waals surface area contributed by atoms with Crippen molar-refractivity contribution < 1.29 is 4.74 Å². The Labute approximate surface area is 121 Å². The van der Waals surface area contributed by atoms with E-state index < -0.39 is 0 Å². The van der Waals surface area contributed by atoms with E-state index in [4.69, 9.17) is 4.74 Å². The van der Waals surface area contributed by atoms with Crippen molar-refractivity contribution in [3.05, 3.63) is 0 Å². The van der Waals surface area contributed by atoms with Gasteiger partial charge in [-0.25, -0.2) is 0 Å². The Morgan fingerprint density at radius 2 is 1.37 bits per heavy atom. The van der Waals surface area contributed by atoms with Gasteiger partial charge in [-0.1, -0.05) is 71.6 Å². The Morgan fingerprint density at radius 3 is 1.89 bits per heavy atom. The van der Waals surface area contributed by atoms with Crippen LogP contribution in [0.1, 0.15) is 84.5 Å². The molecule has 0 aliphatic carbocycles. The second kappa shape index (κ2) is 16.0. The molecule has 1 atom stereocenters. The highest BCUT2D eigenvalue weighted by molar-refractivity contribution is 4.65. The van der Waals surface area contributed by atoms with Crippen molar-refractivity contribution in [2.45, 2.75) is 90.5 Å². The lowest BCUT2D eigenvalue weighted by molar-refractivity contribution is 0.161. The number of unbranched alkanes of at least 4 members (excludes halogenated alkanes) is 8. The van der Waals surface area contributed by atoms with Gasteiger partial charge in [0.15, 0.2) is 0 Å². The molecule has 0 fully saturated rings. The molecule has 0 aliphatic rings. The van der Waals surface area contributed by atoms with Gasteiger partial charge in [0.25, 0.3) is 0 Å². The molecule has 19 heavy (non-hydrogen) atoms. The molecule has 116 valence electrons. The number of rotatable bonds is 15. The molecular formula is C17H37NO. The second-order valence-electron chi connectivity index (χ2n) is 5.72. The van der Waals surface area contributed by atoms with E-state index in [0.717, 1.165) is 13.2 Å². The maximum atomic E-state index is 5.27. The molecule has 0 aliphatic heterocycles. The Kier molecular flexibility index (Phi) is 15.9. The summed E-state index contributed by atoms with van der Waals surface area (Å²) >= 11 is 0. The van der Waals surface area contributed by atoms with Crippen LogP contribution in [0.25, 0.3) is 0 Å². The van der Waals surface area contributed by atoms with Crippen molar-refractivity contribution in [1.29, 1.82) is 0 Å². The zero-order chi connectivity index (χ0) is 14.2. The summed E-state index contributed by atoms with van der Waals surface area (Å²) in [6.45, 7) is 6.47. The molecule has 0 saturated carbocycles. The topological polar surface area (TPSA) is 21.3 Å². The number of methoxy groups -OCH3 is 1. The van der Waals surface area contributed by atoms with Gasteiger partial charge >= 0.3 is 0 Å². The maximum absolute atomic E-state index is 5.27. The van der Waals surface area contributed by atoms with Crippen LogP contribution >= 0.6 is 0 Å². The van der Waals surface area contributed by atoms with Gasteiger partial charge in [-0.15, -0.1) is 0 Å². The minimum absolute atomic E-state index is 0.564. The SMILES string of the molecule is CCCCCCCCCCCC(COC)NCCC. The van der Waals surface area contributed by atoms with Crippen molar-refractivity contribution in [2.75, 3.05) is 20.3 Å². The summed E-state index contributed by atoms with van der Waals surface area (Å²) in [5.41, 5.74) is 0. The van der Waals surface area contributed by atoms with E-state index in [-0.39, 0.29) is 0 Å². The molecule has 2 nitrogen and oxygen atoms in total. The molecule has 2 heteroatoms. The maximum Gasteiger partial charge on any atom is 0.0615 e. The van der Waals surface area contributed by atoms with Crippen LogP contribution in [0.5, 0.6) is 0 Å². The van der Waals surface area contributed by atoms with E-state index in [1.54, 1.807) is 7.11 Å². The third-order valence-corrected chi connectivity index (χ3v) is 3.71. The van der Waals surface area contributed by atoms with Gasteiger partial charge in [0, 0.05) is 13.2 Å². The monoisotopic (exact) mass is 271 g/mol. The molecule has 0 aromatic heterocycles. The van der Waals surface area contributed by atoms with Crippen LogP contribution in [0.4, 0.5) is 0 Å². The molecule has 0 radical (unpaired) electrons. The standard InChI is InChI=1S/C17H37NO/c1-4-6-7-8-9-10-11-12-13-14-17(16-19-3)18-15-5-2/h17-18H,4-16H2,1-3H3. The highest BCUT2D eigenvalue weighted by Crippen LogP contribution is 2.11. The highest BCUT2D eigenvalue weighted by atomic mass is 16.5. The van der Waals surface area contributed by atoms with Crippen LogP contribution in [0.2, 0.25) is 0 Å². The number of nitrogens with one attached hydrogen (secondary N) is 1. The number of ether oxygens (including phenoxy) is 1. The van der Waals surface area contributed by atoms with E-state index in [1.165, 1.54) is 70.6 Å². The smallest absolute Gasteiger partial charge is 0.0615 e. The van der Waals surface area contributed by atoms with E-state index in [0.29, 0.717) is 6.04 Å². The minimum Gasteiger partial charge on any atom is -0.383 e. The molecule has 0 bridgehead atoms. The van der Waals surface area contributed by atoms with Gasteiger partial charge in [0.1, 0.15) is 0 Å². The fourth-order valence-corrected chi connectivity index (χ4v) is 2.50. The summed E-state index contributed by atoms with van der Waals surface area (Å²) in [7, 11) is 1.80. The molecule has 1 N–H and O–H groups in total. The Morgan fingerprint density at radius 1 is 0.789 bits per heavy atom. The number of hydrogen-bond acceptors (Lipinski definition) is 2. The zero-order valence-electron chi connectivity index (χ0n) is 13.7. The van der Waals surface area contributed by atoms with E-state index in [2.05, 4.69) is 19.2 Å². The summed E-state index contributed by atoms with van der Waals surface area (Å²) < 4.78 is 5.27. The quantitative estimate of drug-likeness (QED) is 0.427. The van der Waals surface area contributed by atoms with Crippen molar-refractivity contribution in [3.63, 3.8) is 0 Å². The Bertz CT molecular complexity index is 161. The van der Waals surface area contributed by atoms with Gasteiger partial charge < -0.3 is 10.1 Å². The molecule has 0 rings (SSSR count). The van der Waals surface area contributed by atoms with Gasteiger partial charge in [0.05, 0.1) is 6.61 Å². The predicted octanol–water partition coefficient (Wildman–Crippen LogP) is 4.92. The molecule has 0 aromatic rings. The van der Waals surface area contributed by atoms with Gasteiger partial charge in [-0.05, 0) is 19.4 Å². The molecule has 0 amide bonds. The average molecular weight is 271 g/mol. The van der Waals surface area contributed by atoms with E-state index in [1.807, 2.05) is 0 Å². The average Bonchev–Trinajstić information content (AvgIpc) is 2.42. The fourth-order valence-electron chi connectivity index (χ4n) is 2.50. The molecular weight excluding hydrogens is 234 g/mol. The van der Waals surface area contributed by atoms with Gasteiger partial charge in [-0.3, -0.25) is 0 Å². The molecule has 1 unspecified atom stereocenters. The first-order chi connectivity index (χ1) is 9.35. The number of hydrogen-bond donors (Lipinski definition) is 1. The first-order valence-corrected chi connectivity index (χ1v) is 8.57. The molecule has 0 aromatic carbocycles. The highest BCUT2D eigenvalue weighted by Gasteiger charge is 2.06. The van der Waals surface area contributed by atoms with E-state index in [9.17, 15) is 0 Å². The molecule has 0 spiro atoms. The lowest BCUT2D eigenvalue weighted by Gasteiger charge is -2.17. The lowest BCUT2D eigenvalue weighted by atomic mass is 10.0. The fraction of sp³-hybridized carbons (Fsp3) is 1.00. The van der Waals surface area contributed by atoms with Gasteiger partial charge in [0.2, 0.25) is 0 Å². The van der Waals surface area contributed by atoms with Crippen LogP contribution < -0.4 is 5.32 Å². The van der Waals surface area contributed by atoms with Crippen molar-refractivity contribution >= 4 is 0 Å². The Balaban J connectivity index is 3.29. The largest absolute Gasteiger partial charge is 0.383 e. The summed E-state index contributed by atoms with van der Waals surface area (Å²) in [5, 5.41) is 3.57. The van der Waals surface area contributed by atoms with Crippen molar-refractivity contribution in [1.82, 2.24) is 5.32 Å². The van der Waals surface area contributed by atoms with Crippen molar-refractivity contribution in [2.24, 2.45) is 0 Å². The first-order valence-electron chi connectivity index (χ1n) is 8.57. The predicted molar refractivity (Wildman–Crippen MR) is 85.8 cm³/mol. The van der Waals surface area contributed by atoms with Crippen LogP contribution in [0.15, 0.2) is 0 Å². The third kappa shape index (κ3) is 14.1. The normalized spacial score (nSPS) is 12.8. The van der Waals surface area contributed by atoms with Crippen molar-refractivity contribution in [3.8, 4) is 0 Å². The molecule has 0 saturated heterocycles.